The van der Waals surface area contributed by atoms with Crippen molar-refractivity contribution in [3.63, 3.8) is 0 Å². The van der Waals surface area contributed by atoms with Gasteiger partial charge in [0.25, 0.3) is 0 Å². The summed E-state index contributed by atoms with van der Waals surface area (Å²) in [4.78, 5) is 4.18. The second-order valence-corrected chi connectivity index (χ2v) is 5.07. The van der Waals surface area contributed by atoms with Crippen LogP contribution in [0, 0.1) is 11.3 Å². The van der Waals surface area contributed by atoms with Gasteiger partial charge in [0.2, 0.25) is 0 Å². The highest BCUT2D eigenvalue weighted by Gasteiger charge is 2.20. The molecule has 3 nitrogen and oxygen atoms in total. The zero-order chi connectivity index (χ0) is 12.0. The fraction of sp³-hybridized carbons (Fsp3) is 0.455. The van der Waals surface area contributed by atoms with E-state index < -0.39 is 5.54 Å². The average molecular weight is 256 g/mol. The number of hydrogen-bond acceptors (Lipinski definition) is 4. The lowest BCUT2D eigenvalue weighted by Crippen LogP contribution is -2.38. The van der Waals surface area contributed by atoms with Crippen LogP contribution in [0.25, 0.3) is 0 Å². The fourth-order valence-corrected chi connectivity index (χ4v) is 2.40. The Hall–Kier alpha value is -0.760. The van der Waals surface area contributed by atoms with Gasteiger partial charge in [0.1, 0.15) is 10.6 Å². The second kappa shape index (κ2) is 6.09. The number of pyridine rings is 1. The topological polar surface area (TPSA) is 48.7 Å². The molecule has 1 aromatic heterocycles. The van der Waals surface area contributed by atoms with Crippen LogP contribution in [0.2, 0.25) is 5.02 Å². The maximum atomic E-state index is 8.97. The molecule has 0 aliphatic carbocycles. The number of aromatic nitrogens is 1. The summed E-state index contributed by atoms with van der Waals surface area (Å²) in [6.07, 6.45) is 2.47. The third-order valence-electron chi connectivity index (χ3n) is 2.36. The molecule has 86 valence electrons. The Balaban J connectivity index is 2.48. The summed E-state index contributed by atoms with van der Waals surface area (Å²) in [6, 6.07) is 5.87. The minimum absolute atomic E-state index is 0.478. The zero-order valence-corrected chi connectivity index (χ0v) is 10.9. The Labute approximate surface area is 105 Å². The molecule has 0 saturated carbocycles. The number of nitriles is 1. The predicted octanol–water partition coefficient (Wildman–Crippen LogP) is 2.72. The van der Waals surface area contributed by atoms with E-state index in [4.69, 9.17) is 16.9 Å². The van der Waals surface area contributed by atoms with Crippen LogP contribution in [-0.2, 0) is 0 Å². The van der Waals surface area contributed by atoms with E-state index in [0.29, 0.717) is 5.02 Å². The summed E-state index contributed by atoms with van der Waals surface area (Å²) < 4.78 is 0. The van der Waals surface area contributed by atoms with Gasteiger partial charge in [-0.25, -0.2) is 4.98 Å². The van der Waals surface area contributed by atoms with Gasteiger partial charge in [0, 0.05) is 11.9 Å². The van der Waals surface area contributed by atoms with Gasteiger partial charge in [-0.3, -0.25) is 0 Å². The maximum Gasteiger partial charge on any atom is 0.115 e. The molecule has 0 aliphatic heterocycles. The van der Waals surface area contributed by atoms with Crippen LogP contribution in [0.4, 0.5) is 0 Å². The van der Waals surface area contributed by atoms with Crippen LogP contribution in [-0.4, -0.2) is 23.3 Å². The highest BCUT2D eigenvalue weighted by atomic mass is 35.5. The van der Waals surface area contributed by atoms with Crippen molar-refractivity contribution in [1.29, 1.82) is 5.26 Å². The Kier molecular flexibility index (Phi) is 5.07. The zero-order valence-electron chi connectivity index (χ0n) is 9.33. The Morgan fingerprint density at radius 2 is 2.44 bits per heavy atom. The fourth-order valence-electron chi connectivity index (χ4n) is 1.07. The minimum atomic E-state index is -0.478. The van der Waals surface area contributed by atoms with Crippen molar-refractivity contribution in [1.82, 2.24) is 10.3 Å². The highest BCUT2D eigenvalue weighted by Crippen LogP contribution is 2.26. The molecule has 1 heterocycles. The van der Waals surface area contributed by atoms with Gasteiger partial charge in [-0.2, -0.15) is 5.26 Å². The predicted molar refractivity (Wildman–Crippen MR) is 67.7 cm³/mol. The number of hydrogen-bond donors (Lipinski definition) is 1. The van der Waals surface area contributed by atoms with Gasteiger partial charge in [0.15, 0.2) is 0 Å². The van der Waals surface area contributed by atoms with Gasteiger partial charge < -0.3 is 5.32 Å². The third-order valence-corrected chi connectivity index (χ3v) is 3.79. The normalized spacial score (nSPS) is 14.1. The van der Waals surface area contributed by atoms with Crippen molar-refractivity contribution in [2.24, 2.45) is 0 Å². The van der Waals surface area contributed by atoms with E-state index >= 15 is 0 Å². The van der Waals surface area contributed by atoms with Crippen LogP contribution in [0.1, 0.15) is 13.3 Å². The van der Waals surface area contributed by atoms with Crippen LogP contribution in [0.3, 0.4) is 0 Å². The molecule has 0 aliphatic rings. The van der Waals surface area contributed by atoms with Gasteiger partial charge >= 0.3 is 0 Å². The van der Waals surface area contributed by atoms with Gasteiger partial charge in [0.05, 0.1) is 11.1 Å². The molecule has 0 saturated heterocycles. The molecule has 0 amide bonds. The number of thioether (sulfide) groups is 1. The van der Waals surface area contributed by atoms with E-state index in [1.54, 1.807) is 31.1 Å². The van der Waals surface area contributed by atoms with Crippen molar-refractivity contribution in [2.45, 2.75) is 23.9 Å². The van der Waals surface area contributed by atoms with Gasteiger partial charge in [-0.05, 0) is 32.5 Å². The summed E-state index contributed by atoms with van der Waals surface area (Å²) in [5.41, 5.74) is -0.478. The summed E-state index contributed by atoms with van der Waals surface area (Å²) in [6.45, 7) is 1.88. The van der Waals surface area contributed by atoms with E-state index in [1.165, 1.54) is 0 Å². The lowest BCUT2D eigenvalue weighted by atomic mass is 10.0. The first-order valence-electron chi connectivity index (χ1n) is 4.95. The molecule has 0 aromatic carbocycles. The molecule has 1 N–H and O–H groups in total. The van der Waals surface area contributed by atoms with Crippen molar-refractivity contribution >= 4 is 23.4 Å². The van der Waals surface area contributed by atoms with E-state index in [9.17, 15) is 0 Å². The molecule has 1 atom stereocenters. The second-order valence-electron chi connectivity index (χ2n) is 3.58. The SMILES string of the molecule is CNC(C)(C#N)CCSc1ncccc1Cl. The van der Waals surface area contributed by atoms with Crippen molar-refractivity contribution in [3.05, 3.63) is 23.4 Å². The number of nitrogens with one attached hydrogen (secondary N) is 1. The summed E-state index contributed by atoms with van der Waals surface area (Å²) in [5.74, 6) is 0.807. The van der Waals surface area contributed by atoms with Crippen LogP contribution < -0.4 is 5.32 Å². The summed E-state index contributed by atoms with van der Waals surface area (Å²) in [5, 5.41) is 13.5. The van der Waals surface area contributed by atoms with Crippen molar-refractivity contribution < 1.29 is 0 Å². The Morgan fingerprint density at radius 3 is 3.00 bits per heavy atom. The monoisotopic (exact) mass is 255 g/mol. The van der Waals surface area contributed by atoms with Crippen LogP contribution in [0.15, 0.2) is 23.4 Å². The summed E-state index contributed by atoms with van der Waals surface area (Å²) in [7, 11) is 1.79. The van der Waals surface area contributed by atoms with E-state index in [-0.39, 0.29) is 0 Å². The van der Waals surface area contributed by atoms with Crippen LogP contribution >= 0.6 is 23.4 Å². The molecule has 1 rings (SSSR count). The first kappa shape index (κ1) is 13.3. The number of nitrogens with zero attached hydrogens (tertiary/aromatic N) is 2. The van der Waals surface area contributed by atoms with E-state index in [2.05, 4.69) is 16.4 Å². The first-order valence-corrected chi connectivity index (χ1v) is 6.31. The van der Waals surface area contributed by atoms with E-state index in [1.807, 2.05) is 13.0 Å². The molecular formula is C11H14ClN3S. The average Bonchev–Trinajstić information content (AvgIpc) is 2.31. The maximum absolute atomic E-state index is 8.97. The minimum Gasteiger partial charge on any atom is -0.303 e. The highest BCUT2D eigenvalue weighted by molar-refractivity contribution is 7.99. The van der Waals surface area contributed by atoms with Gasteiger partial charge in [-0.1, -0.05) is 11.6 Å². The first-order chi connectivity index (χ1) is 7.61. The molecule has 1 unspecified atom stereocenters. The lowest BCUT2D eigenvalue weighted by molar-refractivity contribution is 0.479. The van der Waals surface area contributed by atoms with Crippen LogP contribution in [0.5, 0.6) is 0 Å². The molecule has 0 spiro atoms. The lowest BCUT2D eigenvalue weighted by Gasteiger charge is -2.19. The van der Waals surface area contributed by atoms with E-state index in [0.717, 1.165) is 17.2 Å². The van der Waals surface area contributed by atoms with Crippen molar-refractivity contribution in [3.8, 4) is 6.07 Å². The molecule has 16 heavy (non-hydrogen) atoms. The summed E-state index contributed by atoms with van der Waals surface area (Å²) >= 11 is 7.55. The van der Waals surface area contributed by atoms with Crippen molar-refractivity contribution in [2.75, 3.05) is 12.8 Å². The van der Waals surface area contributed by atoms with Gasteiger partial charge in [-0.15, -0.1) is 11.8 Å². The quantitative estimate of drug-likeness (QED) is 0.822. The molecule has 0 bridgehead atoms. The number of halogens is 1. The molecule has 5 heteroatoms. The third kappa shape index (κ3) is 3.67. The Bertz CT molecular complexity index is 391. The standard InChI is InChI=1S/C11H14ClN3S/c1-11(8-13,14-2)5-7-16-10-9(12)4-3-6-15-10/h3-4,6,14H,5,7H2,1-2H3. The number of rotatable bonds is 5. The largest absolute Gasteiger partial charge is 0.303 e. The molecule has 0 radical (unpaired) electrons. The molecule has 0 fully saturated rings. The molecular weight excluding hydrogens is 242 g/mol. The Morgan fingerprint density at radius 1 is 1.69 bits per heavy atom. The molecule has 1 aromatic rings. The smallest absolute Gasteiger partial charge is 0.115 e.